The highest BCUT2D eigenvalue weighted by Crippen LogP contribution is 2.32. The minimum atomic E-state index is -4.21. The molecule has 2 N–H and O–H groups in total. The van der Waals surface area contributed by atoms with E-state index in [0.29, 0.717) is 13.2 Å². The Morgan fingerprint density at radius 3 is 2.70 bits per heavy atom. The molecule has 0 aliphatic carbocycles. The van der Waals surface area contributed by atoms with Crippen LogP contribution in [0.1, 0.15) is 12.8 Å². The Hall–Kier alpha value is -0.860. The molecule has 2 saturated heterocycles. The fourth-order valence-electron chi connectivity index (χ4n) is 2.60. The summed E-state index contributed by atoms with van der Waals surface area (Å²) in [4.78, 5) is 13.8. The van der Waals surface area contributed by atoms with Crippen LogP contribution in [0.3, 0.4) is 0 Å². The summed E-state index contributed by atoms with van der Waals surface area (Å²) < 4.78 is 42.9. The van der Waals surface area contributed by atoms with Crippen LogP contribution in [0.15, 0.2) is 0 Å². The molecule has 0 saturated carbocycles. The average Bonchev–Trinajstić information content (AvgIpc) is 2.46. The van der Waals surface area contributed by atoms with Crippen LogP contribution in [0, 0.1) is 5.92 Å². The van der Waals surface area contributed by atoms with Gasteiger partial charge in [0, 0.05) is 19.6 Å². The highest BCUT2D eigenvalue weighted by molar-refractivity contribution is 5.82. The van der Waals surface area contributed by atoms with Gasteiger partial charge in [-0.3, -0.25) is 4.79 Å². The van der Waals surface area contributed by atoms with Crippen molar-refractivity contribution in [3.05, 3.63) is 0 Å². The normalized spacial score (nSPS) is 32.2. The van der Waals surface area contributed by atoms with E-state index in [1.807, 2.05) is 0 Å². The number of amides is 1. The third kappa shape index (κ3) is 3.62. The Morgan fingerprint density at radius 1 is 1.40 bits per heavy atom. The van der Waals surface area contributed by atoms with Crippen molar-refractivity contribution < 1.29 is 27.8 Å². The standard InChI is InChI=1S/C12H19F3N2O3/c13-12(14,15)8-1-2-10(16-5-8)11(19)17-3-4-20-9(6-17)7-18/h8-10,16,18H,1-7H2. The topological polar surface area (TPSA) is 61.8 Å². The summed E-state index contributed by atoms with van der Waals surface area (Å²) in [6.45, 7) is 0.660. The van der Waals surface area contributed by atoms with E-state index in [1.54, 1.807) is 4.90 Å². The highest BCUT2D eigenvalue weighted by atomic mass is 19.4. The second kappa shape index (κ2) is 6.28. The van der Waals surface area contributed by atoms with Gasteiger partial charge in [0.05, 0.1) is 31.3 Å². The number of hydrogen-bond donors (Lipinski definition) is 2. The number of aliphatic hydroxyl groups is 1. The van der Waals surface area contributed by atoms with Gasteiger partial charge in [-0.25, -0.2) is 0 Å². The number of aliphatic hydroxyl groups excluding tert-OH is 1. The molecule has 116 valence electrons. The van der Waals surface area contributed by atoms with Gasteiger partial charge in [-0.1, -0.05) is 0 Å². The van der Waals surface area contributed by atoms with Gasteiger partial charge in [0.25, 0.3) is 0 Å². The van der Waals surface area contributed by atoms with E-state index < -0.39 is 24.2 Å². The molecule has 0 spiro atoms. The van der Waals surface area contributed by atoms with Gasteiger partial charge in [0.2, 0.25) is 5.91 Å². The zero-order chi connectivity index (χ0) is 14.8. The summed E-state index contributed by atoms with van der Waals surface area (Å²) in [6, 6.07) is -0.564. The van der Waals surface area contributed by atoms with Gasteiger partial charge >= 0.3 is 6.18 Å². The Kier molecular flexibility index (Phi) is 4.87. The molecule has 0 aromatic rings. The van der Waals surface area contributed by atoms with Crippen LogP contribution in [0.2, 0.25) is 0 Å². The molecule has 3 atom stereocenters. The molecule has 20 heavy (non-hydrogen) atoms. The Morgan fingerprint density at radius 2 is 2.15 bits per heavy atom. The summed E-state index contributed by atoms with van der Waals surface area (Å²) in [6.07, 6.45) is -4.45. The van der Waals surface area contributed by atoms with Crippen LogP contribution in [0.4, 0.5) is 13.2 Å². The maximum absolute atomic E-state index is 12.5. The highest BCUT2D eigenvalue weighted by Gasteiger charge is 2.43. The first-order chi connectivity index (χ1) is 9.41. The third-order valence-corrected chi connectivity index (χ3v) is 3.83. The molecule has 0 aromatic heterocycles. The number of ether oxygens (including phenoxy) is 1. The van der Waals surface area contributed by atoms with Crippen LogP contribution in [-0.2, 0) is 9.53 Å². The lowest BCUT2D eigenvalue weighted by atomic mass is 9.93. The van der Waals surface area contributed by atoms with Gasteiger partial charge in [-0.2, -0.15) is 13.2 Å². The van der Waals surface area contributed by atoms with Gasteiger partial charge in [0.15, 0.2) is 0 Å². The zero-order valence-electron chi connectivity index (χ0n) is 11.0. The molecule has 2 aliphatic rings. The van der Waals surface area contributed by atoms with Crippen molar-refractivity contribution in [2.24, 2.45) is 5.92 Å². The second-order valence-electron chi connectivity index (χ2n) is 5.24. The first kappa shape index (κ1) is 15.5. The van der Waals surface area contributed by atoms with E-state index in [2.05, 4.69) is 5.32 Å². The molecule has 8 heteroatoms. The number of carbonyl (C=O) groups is 1. The van der Waals surface area contributed by atoms with Gasteiger partial charge in [0.1, 0.15) is 0 Å². The van der Waals surface area contributed by atoms with Crippen molar-refractivity contribution in [1.82, 2.24) is 10.2 Å². The second-order valence-corrected chi connectivity index (χ2v) is 5.24. The van der Waals surface area contributed by atoms with E-state index in [0.717, 1.165) is 0 Å². The number of nitrogens with one attached hydrogen (secondary N) is 1. The molecule has 0 bridgehead atoms. The predicted molar refractivity (Wildman–Crippen MR) is 64.0 cm³/mol. The van der Waals surface area contributed by atoms with Crippen molar-refractivity contribution >= 4 is 5.91 Å². The van der Waals surface area contributed by atoms with Crippen molar-refractivity contribution in [2.75, 3.05) is 32.8 Å². The molecule has 2 heterocycles. The molecule has 2 rings (SSSR count). The largest absolute Gasteiger partial charge is 0.394 e. The van der Waals surface area contributed by atoms with Gasteiger partial charge < -0.3 is 20.1 Å². The van der Waals surface area contributed by atoms with Crippen LogP contribution in [0.25, 0.3) is 0 Å². The average molecular weight is 296 g/mol. The molecule has 5 nitrogen and oxygen atoms in total. The molecular formula is C12H19F3N2O3. The van der Waals surface area contributed by atoms with Gasteiger partial charge in [-0.05, 0) is 12.8 Å². The fraction of sp³-hybridized carbons (Fsp3) is 0.917. The van der Waals surface area contributed by atoms with Crippen LogP contribution >= 0.6 is 0 Å². The minimum Gasteiger partial charge on any atom is -0.394 e. The Labute approximate surface area is 115 Å². The third-order valence-electron chi connectivity index (χ3n) is 3.83. The van der Waals surface area contributed by atoms with Crippen LogP contribution < -0.4 is 5.32 Å². The molecule has 1 amide bonds. The lowest BCUT2D eigenvalue weighted by molar-refractivity contribution is -0.181. The monoisotopic (exact) mass is 296 g/mol. The molecular weight excluding hydrogens is 277 g/mol. The number of nitrogens with zero attached hydrogens (tertiary/aromatic N) is 1. The maximum Gasteiger partial charge on any atom is 0.393 e. The minimum absolute atomic E-state index is 0.0271. The first-order valence-corrected chi connectivity index (χ1v) is 6.73. The van der Waals surface area contributed by atoms with E-state index in [4.69, 9.17) is 9.84 Å². The predicted octanol–water partition coefficient (Wildman–Crippen LogP) is 0.137. The Balaban J connectivity index is 1.85. The number of rotatable bonds is 2. The maximum atomic E-state index is 12.5. The van der Waals surface area contributed by atoms with Crippen LogP contribution in [-0.4, -0.2) is 67.1 Å². The lowest BCUT2D eigenvalue weighted by Crippen LogP contribution is -2.56. The fourth-order valence-corrected chi connectivity index (χ4v) is 2.60. The lowest BCUT2D eigenvalue weighted by Gasteiger charge is -2.37. The smallest absolute Gasteiger partial charge is 0.393 e. The van der Waals surface area contributed by atoms with Crippen molar-refractivity contribution in [1.29, 1.82) is 0 Å². The van der Waals surface area contributed by atoms with E-state index in [1.165, 1.54) is 0 Å². The molecule has 2 aliphatic heterocycles. The summed E-state index contributed by atoms with van der Waals surface area (Å²) >= 11 is 0. The summed E-state index contributed by atoms with van der Waals surface area (Å²) in [7, 11) is 0. The molecule has 0 radical (unpaired) electrons. The van der Waals surface area contributed by atoms with E-state index >= 15 is 0 Å². The number of carbonyl (C=O) groups excluding carboxylic acids is 1. The summed E-state index contributed by atoms with van der Waals surface area (Å²) in [5, 5.41) is 11.7. The quantitative estimate of drug-likeness (QED) is 0.761. The van der Waals surface area contributed by atoms with Crippen molar-refractivity contribution in [3.63, 3.8) is 0 Å². The molecule has 0 aromatic carbocycles. The van der Waals surface area contributed by atoms with Crippen molar-refractivity contribution in [3.8, 4) is 0 Å². The van der Waals surface area contributed by atoms with Crippen LogP contribution in [0.5, 0.6) is 0 Å². The number of hydrogen-bond acceptors (Lipinski definition) is 4. The number of alkyl halides is 3. The van der Waals surface area contributed by atoms with E-state index in [9.17, 15) is 18.0 Å². The number of halogens is 3. The molecule has 3 unspecified atom stereocenters. The van der Waals surface area contributed by atoms with Crippen molar-refractivity contribution in [2.45, 2.75) is 31.2 Å². The number of morpholine rings is 1. The summed E-state index contributed by atoms with van der Waals surface area (Å²) in [5.41, 5.74) is 0. The SMILES string of the molecule is O=C(C1CCC(C(F)(F)F)CN1)N1CCOC(CO)C1. The van der Waals surface area contributed by atoms with E-state index in [-0.39, 0.29) is 38.4 Å². The number of piperidine rings is 1. The molecule has 2 fully saturated rings. The Bertz CT molecular complexity index is 343. The first-order valence-electron chi connectivity index (χ1n) is 6.73. The van der Waals surface area contributed by atoms with Gasteiger partial charge in [-0.15, -0.1) is 0 Å². The zero-order valence-corrected chi connectivity index (χ0v) is 11.0. The summed E-state index contributed by atoms with van der Waals surface area (Å²) in [5.74, 6) is -1.58.